The first-order valence-corrected chi connectivity index (χ1v) is 16.4. The highest BCUT2D eigenvalue weighted by molar-refractivity contribution is 9.10. The van der Waals surface area contributed by atoms with E-state index in [1.807, 2.05) is 19.1 Å². The van der Waals surface area contributed by atoms with Gasteiger partial charge in [-0.1, -0.05) is 45.5 Å². The molecule has 8 nitrogen and oxygen atoms in total. The lowest BCUT2D eigenvalue weighted by Gasteiger charge is -2.26. The Morgan fingerprint density at radius 1 is 1.00 bits per heavy atom. The van der Waals surface area contributed by atoms with Gasteiger partial charge in [0.1, 0.15) is 18.2 Å². The molecular weight excluding hydrogens is 731 g/mol. The highest BCUT2D eigenvalue weighted by Crippen LogP contribution is 2.41. The third kappa shape index (κ3) is 6.92. The van der Waals surface area contributed by atoms with E-state index in [1.165, 1.54) is 35.1 Å². The lowest BCUT2D eigenvalue weighted by atomic mass is 9.95. The number of methoxy groups -OCH3 is 1. The van der Waals surface area contributed by atoms with Crippen molar-refractivity contribution in [3.63, 3.8) is 0 Å². The number of rotatable bonds is 10. The molecule has 0 unspecified atom stereocenters. The Morgan fingerprint density at radius 2 is 1.76 bits per heavy atom. The van der Waals surface area contributed by atoms with E-state index < -0.39 is 12.0 Å². The zero-order valence-electron chi connectivity index (χ0n) is 24.9. The van der Waals surface area contributed by atoms with Crippen LogP contribution in [0.15, 0.2) is 84.6 Å². The van der Waals surface area contributed by atoms with Crippen molar-refractivity contribution in [1.29, 1.82) is 0 Å². The van der Waals surface area contributed by atoms with Crippen LogP contribution in [0, 0.1) is 5.82 Å². The first-order valence-electron chi connectivity index (χ1n) is 14.0. The summed E-state index contributed by atoms with van der Waals surface area (Å²) >= 11 is 8.42. The zero-order chi connectivity index (χ0) is 32.2. The molecule has 0 bridgehead atoms. The van der Waals surface area contributed by atoms with Crippen LogP contribution in [-0.2, 0) is 16.1 Å². The number of fused-ring (bicyclic) bond motifs is 1. The normalized spacial score (nSPS) is 14.6. The molecule has 2 heterocycles. The van der Waals surface area contributed by atoms with E-state index in [0.29, 0.717) is 53.4 Å². The number of benzene rings is 3. The van der Waals surface area contributed by atoms with E-state index in [9.17, 15) is 14.0 Å². The van der Waals surface area contributed by atoms with Crippen molar-refractivity contribution in [3.8, 4) is 17.2 Å². The largest absolute Gasteiger partial charge is 0.493 e. The van der Waals surface area contributed by atoms with Crippen LogP contribution < -0.4 is 29.1 Å². The van der Waals surface area contributed by atoms with Gasteiger partial charge < -0.3 is 18.9 Å². The fraction of sp³-hybridized carbons (Fsp3) is 0.242. The fourth-order valence-electron chi connectivity index (χ4n) is 4.89. The highest BCUT2D eigenvalue weighted by atomic mass is 79.9. The third-order valence-corrected chi connectivity index (χ3v) is 9.25. The number of carbonyl (C=O) groups excluding carboxylic acids is 1. The molecule has 45 heavy (non-hydrogen) atoms. The van der Waals surface area contributed by atoms with Gasteiger partial charge in [-0.25, -0.2) is 14.2 Å². The maximum atomic E-state index is 14.1. The lowest BCUT2D eigenvalue weighted by Crippen LogP contribution is -2.40. The second-order valence-electron chi connectivity index (χ2n) is 9.86. The number of esters is 1. The average molecular weight is 760 g/mol. The monoisotopic (exact) mass is 758 g/mol. The van der Waals surface area contributed by atoms with Gasteiger partial charge in [0.2, 0.25) is 0 Å². The van der Waals surface area contributed by atoms with Gasteiger partial charge >= 0.3 is 5.97 Å². The Morgan fingerprint density at radius 3 is 2.42 bits per heavy atom. The Labute approximate surface area is 279 Å². The summed E-state index contributed by atoms with van der Waals surface area (Å²) in [7, 11) is 1.53. The van der Waals surface area contributed by atoms with Crippen molar-refractivity contribution in [2.45, 2.75) is 33.4 Å². The van der Waals surface area contributed by atoms with Crippen molar-refractivity contribution >= 4 is 55.2 Å². The minimum absolute atomic E-state index is 0.166. The van der Waals surface area contributed by atoms with Crippen molar-refractivity contribution in [2.75, 3.05) is 20.3 Å². The molecule has 12 heteroatoms. The summed E-state index contributed by atoms with van der Waals surface area (Å²) in [6, 6.07) is 14.3. The van der Waals surface area contributed by atoms with E-state index in [2.05, 4.69) is 36.9 Å². The van der Waals surface area contributed by atoms with Crippen LogP contribution in [0.4, 0.5) is 4.39 Å². The molecule has 0 radical (unpaired) electrons. The maximum Gasteiger partial charge on any atom is 0.338 e. The van der Waals surface area contributed by atoms with Crippen molar-refractivity contribution in [2.24, 2.45) is 4.99 Å². The van der Waals surface area contributed by atoms with E-state index in [-0.39, 0.29) is 30.2 Å². The Kier molecular flexibility index (Phi) is 10.3. The summed E-state index contributed by atoms with van der Waals surface area (Å²) in [6.45, 7) is 6.20. The quantitative estimate of drug-likeness (QED) is 0.173. The van der Waals surface area contributed by atoms with Crippen molar-refractivity contribution in [1.82, 2.24) is 4.57 Å². The Hall–Kier alpha value is -3.74. The van der Waals surface area contributed by atoms with Crippen LogP contribution in [-0.4, -0.2) is 30.9 Å². The first kappa shape index (κ1) is 32.6. The molecule has 1 atom stereocenters. The predicted molar refractivity (Wildman–Crippen MR) is 177 cm³/mol. The molecule has 0 saturated heterocycles. The highest BCUT2D eigenvalue weighted by Gasteiger charge is 2.35. The molecule has 0 aliphatic carbocycles. The van der Waals surface area contributed by atoms with E-state index >= 15 is 0 Å². The molecule has 1 aromatic heterocycles. The number of nitrogens with zero attached hydrogens (tertiary/aromatic N) is 2. The van der Waals surface area contributed by atoms with Gasteiger partial charge in [0.25, 0.3) is 5.56 Å². The number of halogens is 3. The molecule has 3 aromatic carbocycles. The fourth-order valence-corrected chi connectivity index (χ4v) is 6.99. The van der Waals surface area contributed by atoms with Crippen LogP contribution in [0.3, 0.4) is 0 Å². The summed E-state index contributed by atoms with van der Waals surface area (Å²) in [5.74, 6) is 0.721. The van der Waals surface area contributed by atoms with Crippen LogP contribution in [0.1, 0.15) is 43.5 Å². The number of hydrogen-bond donors (Lipinski definition) is 0. The molecule has 5 rings (SSSR count). The van der Waals surface area contributed by atoms with Crippen molar-refractivity contribution in [3.05, 3.63) is 117 Å². The number of ether oxygens (including phenoxy) is 4. The van der Waals surface area contributed by atoms with Crippen molar-refractivity contribution < 1.29 is 28.1 Å². The first-order chi connectivity index (χ1) is 21.6. The van der Waals surface area contributed by atoms with Gasteiger partial charge in [-0.2, -0.15) is 0 Å². The molecule has 0 spiro atoms. The predicted octanol–water partition coefficient (Wildman–Crippen LogP) is 6.45. The van der Waals surface area contributed by atoms with Crippen LogP contribution >= 0.6 is 43.2 Å². The van der Waals surface area contributed by atoms with E-state index in [0.717, 1.165) is 11.1 Å². The number of aromatic nitrogens is 1. The number of allylic oxidation sites excluding steroid dienone is 1. The summed E-state index contributed by atoms with van der Waals surface area (Å²) in [4.78, 5) is 32.5. The minimum Gasteiger partial charge on any atom is -0.493 e. The molecule has 234 valence electrons. The van der Waals surface area contributed by atoms with Gasteiger partial charge in [-0.3, -0.25) is 9.36 Å². The molecular formula is C33H29Br2FN2O6S. The summed E-state index contributed by atoms with van der Waals surface area (Å²) in [5, 5.41) is 0. The smallest absolute Gasteiger partial charge is 0.338 e. The van der Waals surface area contributed by atoms with Crippen LogP contribution in [0.5, 0.6) is 17.2 Å². The van der Waals surface area contributed by atoms with Gasteiger partial charge in [0.05, 0.1) is 46.6 Å². The topological polar surface area (TPSA) is 88.4 Å². The van der Waals surface area contributed by atoms with E-state index in [4.69, 9.17) is 18.9 Å². The zero-order valence-corrected chi connectivity index (χ0v) is 28.8. The maximum absolute atomic E-state index is 14.1. The molecule has 1 aliphatic rings. The van der Waals surface area contributed by atoms with Gasteiger partial charge in [-0.15, -0.1) is 0 Å². The van der Waals surface area contributed by atoms with E-state index in [1.54, 1.807) is 50.3 Å². The molecule has 0 N–H and O–H groups in total. The Balaban J connectivity index is 1.57. The molecule has 4 aromatic rings. The average Bonchev–Trinajstić information content (AvgIpc) is 3.31. The number of carbonyl (C=O) groups is 1. The standard InChI is InChI=1S/C33H29Br2FN2O6S/c1-5-42-27-16-23(34)22(15-26(27)41-4)30-29(32(40)43-6-2)18(3)37-33-38(30)31(39)28(45-33)14-20-9-12-25(24(35)13-20)44-17-19-7-10-21(36)11-8-19/h7-16,30H,5-6,17H2,1-4H3/b28-14+/t30-/m1/s1. The Bertz CT molecular complexity index is 1970. The lowest BCUT2D eigenvalue weighted by molar-refractivity contribution is -0.139. The number of thiazole rings is 1. The molecule has 1 aliphatic heterocycles. The van der Waals surface area contributed by atoms with Crippen LogP contribution in [0.25, 0.3) is 6.08 Å². The SMILES string of the molecule is CCOC(=O)C1=C(C)N=c2s/c(=C/c3ccc(OCc4ccc(F)cc4)c(Br)c3)c(=O)n2[C@@H]1c1cc(OC)c(OCC)cc1Br. The van der Waals surface area contributed by atoms with Crippen LogP contribution in [0.2, 0.25) is 0 Å². The summed E-state index contributed by atoms with van der Waals surface area (Å²) < 4.78 is 39.2. The number of hydrogen-bond acceptors (Lipinski definition) is 8. The molecule has 0 fully saturated rings. The van der Waals surface area contributed by atoms with Gasteiger partial charge in [0.15, 0.2) is 16.3 Å². The second kappa shape index (κ2) is 14.1. The summed E-state index contributed by atoms with van der Waals surface area (Å²) in [5.41, 5.74) is 2.60. The minimum atomic E-state index is -0.838. The molecule has 0 saturated carbocycles. The van der Waals surface area contributed by atoms with Gasteiger partial charge in [-0.05, 0) is 95.9 Å². The summed E-state index contributed by atoms with van der Waals surface area (Å²) in [6.07, 6.45) is 1.77. The van der Waals surface area contributed by atoms with Gasteiger partial charge in [0, 0.05) is 4.47 Å². The second-order valence-corrected chi connectivity index (χ2v) is 12.6. The molecule has 0 amide bonds. The third-order valence-electron chi connectivity index (χ3n) is 6.96.